The molecule has 20 heavy (non-hydrogen) atoms. The van der Waals surface area contributed by atoms with Crippen LogP contribution in [0, 0.1) is 0 Å². The molecule has 1 fully saturated rings. The first-order valence-corrected chi connectivity index (χ1v) is 8.02. The van der Waals surface area contributed by atoms with E-state index in [1.807, 2.05) is 37.6 Å². The Labute approximate surface area is 124 Å². The minimum Gasteiger partial charge on any atom is -0.444 e. The summed E-state index contributed by atoms with van der Waals surface area (Å²) in [6.45, 7) is 6.23. The molecule has 0 bridgehead atoms. The molecule has 1 aliphatic heterocycles. The van der Waals surface area contributed by atoms with E-state index >= 15 is 0 Å². The fourth-order valence-electron chi connectivity index (χ4n) is 2.50. The number of nitrogens with zero attached hydrogens (tertiary/aromatic N) is 1. The summed E-state index contributed by atoms with van der Waals surface area (Å²) in [6, 6.07) is 1.73. The van der Waals surface area contributed by atoms with E-state index in [0.717, 1.165) is 24.8 Å². The van der Waals surface area contributed by atoms with Crippen molar-refractivity contribution in [2.45, 2.75) is 57.8 Å². The van der Waals surface area contributed by atoms with Crippen molar-refractivity contribution in [3.05, 3.63) is 22.4 Å². The van der Waals surface area contributed by atoms with Gasteiger partial charge in [0.15, 0.2) is 0 Å². The summed E-state index contributed by atoms with van der Waals surface area (Å²) in [7, 11) is 0. The molecule has 1 aliphatic rings. The van der Waals surface area contributed by atoms with Crippen molar-refractivity contribution in [2.75, 3.05) is 6.54 Å². The Kier molecular flexibility index (Phi) is 4.70. The van der Waals surface area contributed by atoms with E-state index < -0.39 is 11.7 Å². The molecule has 2 atom stereocenters. The van der Waals surface area contributed by atoms with Crippen molar-refractivity contribution in [1.82, 2.24) is 4.90 Å². The zero-order valence-corrected chi connectivity index (χ0v) is 13.2. The SMILES string of the molecule is CC(C)(C)OC(=O)N1CCCCC1C(O)c1ccsc1. The van der Waals surface area contributed by atoms with E-state index in [2.05, 4.69) is 0 Å². The summed E-state index contributed by atoms with van der Waals surface area (Å²) in [4.78, 5) is 14.0. The third kappa shape index (κ3) is 3.73. The Hall–Kier alpha value is -1.07. The predicted molar refractivity (Wildman–Crippen MR) is 79.9 cm³/mol. The number of piperidine rings is 1. The van der Waals surface area contributed by atoms with Gasteiger partial charge in [0.05, 0.1) is 6.04 Å². The maximum absolute atomic E-state index is 12.3. The second-order valence-electron chi connectivity index (χ2n) is 6.24. The lowest BCUT2D eigenvalue weighted by atomic mass is 9.94. The van der Waals surface area contributed by atoms with Crippen molar-refractivity contribution < 1.29 is 14.6 Å². The van der Waals surface area contributed by atoms with Gasteiger partial charge in [0.25, 0.3) is 0 Å². The van der Waals surface area contributed by atoms with E-state index in [1.165, 1.54) is 0 Å². The van der Waals surface area contributed by atoms with Crippen LogP contribution in [0.4, 0.5) is 4.79 Å². The molecule has 2 heterocycles. The normalized spacial score (nSPS) is 21.6. The molecule has 4 nitrogen and oxygen atoms in total. The molecule has 1 saturated heterocycles. The van der Waals surface area contributed by atoms with Crippen LogP contribution in [0.5, 0.6) is 0 Å². The van der Waals surface area contributed by atoms with Gasteiger partial charge in [-0.3, -0.25) is 0 Å². The van der Waals surface area contributed by atoms with Crippen molar-refractivity contribution in [2.24, 2.45) is 0 Å². The molecular formula is C15H23NO3S. The van der Waals surface area contributed by atoms with Crippen LogP contribution in [0.3, 0.4) is 0 Å². The van der Waals surface area contributed by atoms with Gasteiger partial charge in [0, 0.05) is 6.54 Å². The Morgan fingerprint density at radius 2 is 2.25 bits per heavy atom. The zero-order chi connectivity index (χ0) is 14.8. The van der Waals surface area contributed by atoms with Crippen LogP contribution in [-0.4, -0.2) is 34.3 Å². The third-order valence-corrected chi connectivity index (χ3v) is 4.13. The Morgan fingerprint density at radius 1 is 1.50 bits per heavy atom. The number of aliphatic hydroxyl groups is 1. The predicted octanol–water partition coefficient (Wildman–Crippen LogP) is 3.57. The fraction of sp³-hybridized carbons (Fsp3) is 0.667. The fourth-order valence-corrected chi connectivity index (χ4v) is 3.19. The van der Waals surface area contributed by atoms with Gasteiger partial charge in [-0.25, -0.2) is 4.79 Å². The van der Waals surface area contributed by atoms with Gasteiger partial charge in [0.2, 0.25) is 0 Å². The van der Waals surface area contributed by atoms with Crippen molar-refractivity contribution in [3.8, 4) is 0 Å². The van der Waals surface area contributed by atoms with Crippen molar-refractivity contribution in [3.63, 3.8) is 0 Å². The lowest BCUT2D eigenvalue weighted by Crippen LogP contribution is -2.48. The van der Waals surface area contributed by atoms with Gasteiger partial charge in [-0.1, -0.05) is 0 Å². The molecule has 2 unspecified atom stereocenters. The third-order valence-electron chi connectivity index (χ3n) is 3.43. The molecule has 0 aliphatic carbocycles. The molecule has 1 aromatic rings. The van der Waals surface area contributed by atoms with Crippen LogP contribution < -0.4 is 0 Å². The van der Waals surface area contributed by atoms with Gasteiger partial charge < -0.3 is 14.7 Å². The van der Waals surface area contributed by atoms with E-state index in [1.54, 1.807) is 16.2 Å². The van der Waals surface area contributed by atoms with Gasteiger partial charge in [0.1, 0.15) is 11.7 Å². The average Bonchev–Trinajstić information content (AvgIpc) is 2.89. The first kappa shape index (κ1) is 15.3. The second kappa shape index (κ2) is 6.14. The number of carbonyl (C=O) groups excluding carboxylic acids is 1. The summed E-state index contributed by atoms with van der Waals surface area (Å²) >= 11 is 1.56. The van der Waals surface area contributed by atoms with Crippen LogP contribution in [0.2, 0.25) is 0 Å². The largest absolute Gasteiger partial charge is 0.444 e. The topological polar surface area (TPSA) is 49.8 Å². The van der Waals surface area contributed by atoms with Crippen LogP contribution in [0.25, 0.3) is 0 Å². The number of hydrogen-bond donors (Lipinski definition) is 1. The molecule has 0 aromatic carbocycles. The number of carbonyl (C=O) groups is 1. The summed E-state index contributed by atoms with van der Waals surface area (Å²) in [5.74, 6) is 0. The zero-order valence-electron chi connectivity index (χ0n) is 12.3. The highest BCUT2D eigenvalue weighted by Crippen LogP contribution is 2.30. The molecule has 0 spiro atoms. The molecule has 0 saturated carbocycles. The molecule has 2 rings (SSSR count). The summed E-state index contributed by atoms with van der Waals surface area (Å²) < 4.78 is 5.45. The minimum absolute atomic E-state index is 0.187. The van der Waals surface area contributed by atoms with Crippen LogP contribution >= 0.6 is 11.3 Å². The number of ether oxygens (including phenoxy) is 1. The molecule has 1 aromatic heterocycles. The smallest absolute Gasteiger partial charge is 0.410 e. The molecule has 1 amide bonds. The number of amides is 1. The molecule has 0 radical (unpaired) electrons. The Bertz CT molecular complexity index is 438. The highest BCUT2D eigenvalue weighted by atomic mass is 32.1. The van der Waals surface area contributed by atoms with E-state index in [0.29, 0.717) is 6.54 Å². The average molecular weight is 297 g/mol. The standard InChI is InChI=1S/C15H23NO3S/c1-15(2,3)19-14(18)16-8-5-4-6-12(16)13(17)11-7-9-20-10-11/h7,9-10,12-13,17H,4-6,8H2,1-3H3. The summed E-state index contributed by atoms with van der Waals surface area (Å²) in [5, 5.41) is 14.4. The van der Waals surface area contributed by atoms with Gasteiger partial charge >= 0.3 is 6.09 Å². The van der Waals surface area contributed by atoms with Crippen LogP contribution in [0.1, 0.15) is 51.7 Å². The minimum atomic E-state index is -0.630. The van der Waals surface area contributed by atoms with E-state index in [9.17, 15) is 9.90 Å². The van der Waals surface area contributed by atoms with Gasteiger partial charge in [-0.2, -0.15) is 11.3 Å². The molecule has 112 valence electrons. The maximum Gasteiger partial charge on any atom is 0.410 e. The highest BCUT2D eigenvalue weighted by molar-refractivity contribution is 7.07. The number of likely N-dealkylation sites (tertiary alicyclic amines) is 1. The van der Waals surface area contributed by atoms with E-state index in [-0.39, 0.29) is 12.1 Å². The van der Waals surface area contributed by atoms with E-state index in [4.69, 9.17) is 4.74 Å². The van der Waals surface area contributed by atoms with Crippen molar-refractivity contribution >= 4 is 17.4 Å². The number of rotatable bonds is 2. The number of hydrogen-bond acceptors (Lipinski definition) is 4. The van der Waals surface area contributed by atoms with Crippen molar-refractivity contribution in [1.29, 1.82) is 0 Å². The quantitative estimate of drug-likeness (QED) is 0.908. The summed E-state index contributed by atoms with van der Waals surface area (Å²) in [6.07, 6.45) is 1.86. The van der Waals surface area contributed by atoms with Gasteiger partial charge in [-0.05, 0) is 62.4 Å². The monoisotopic (exact) mass is 297 g/mol. The first-order chi connectivity index (χ1) is 9.38. The molecule has 1 N–H and O–H groups in total. The number of aliphatic hydroxyl groups excluding tert-OH is 1. The summed E-state index contributed by atoms with van der Waals surface area (Å²) in [5.41, 5.74) is 0.377. The Morgan fingerprint density at radius 3 is 2.85 bits per heavy atom. The van der Waals surface area contributed by atoms with Crippen LogP contribution in [0.15, 0.2) is 16.8 Å². The Balaban J connectivity index is 2.11. The first-order valence-electron chi connectivity index (χ1n) is 7.08. The highest BCUT2D eigenvalue weighted by Gasteiger charge is 2.35. The molecule has 5 heteroatoms. The lowest BCUT2D eigenvalue weighted by Gasteiger charge is -2.38. The lowest BCUT2D eigenvalue weighted by molar-refractivity contribution is -0.0168. The van der Waals surface area contributed by atoms with Crippen LogP contribution in [-0.2, 0) is 4.74 Å². The van der Waals surface area contributed by atoms with Gasteiger partial charge in [-0.15, -0.1) is 0 Å². The second-order valence-corrected chi connectivity index (χ2v) is 7.02. The molecular weight excluding hydrogens is 274 g/mol. The number of thiophene rings is 1. The maximum atomic E-state index is 12.3.